The van der Waals surface area contributed by atoms with E-state index in [-0.39, 0.29) is 77.7 Å². The van der Waals surface area contributed by atoms with Crippen LogP contribution in [0.25, 0.3) is 0 Å². The van der Waals surface area contributed by atoms with Crippen molar-refractivity contribution in [3.63, 3.8) is 0 Å². The van der Waals surface area contributed by atoms with Crippen molar-refractivity contribution in [2.45, 2.75) is 63.8 Å². The van der Waals surface area contributed by atoms with Gasteiger partial charge in [-0.25, -0.2) is 4.39 Å². The minimum atomic E-state index is -5.43. The van der Waals surface area contributed by atoms with Crippen LogP contribution in [0.4, 0.5) is 4.39 Å². The van der Waals surface area contributed by atoms with E-state index in [4.69, 9.17) is 0 Å². The average molecular weight is 516 g/mol. The van der Waals surface area contributed by atoms with Crippen LogP contribution in [0.3, 0.4) is 0 Å². The van der Waals surface area contributed by atoms with Crippen molar-refractivity contribution >= 4 is 19.4 Å². The maximum absolute atomic E-state index is 17.0. The summed E-state index contributed by atoms with van der Waals surface area (Å²) < 4.78 is 32.0. The fourth-order valence-electron chi connectivity index (χ4n) is 7.39. The molecule has 4 aliphatic carbocycles. The zero-order valence-electron chi connectivity index (χ0n) is 20.2. The molecule has 0 aromatic heterocycles. The third-order valence-corrected chi connectivity index (χ3v) is 9.45. The van der Waals surface area contributed by atoms with Gasteiger partial charge in [-0.15, -0.1) is 0 Å². The van der Waals surface area contributed by atoms with Gasteiger partial charge in [-0.1, -0.05) is 25.5 Å². The fourth-order valence-corrected chi connectivity index (χ4v) is 7.66. The predicted molar refractivity (Wildman–Crippen MR) is 106 cm³/mol. The zero-order chi connectivity index (χ0) is 23.9. The Morgan fingerprint density at radius 1 is 1.29 bits per heavy atom. The molecule has 0 unspecified atom stereocenters. The van der Waals surface area contributed by atoms with E-state index in [0.717, 1.165) is 0 Å². The van der Waals surface area contributed by atoms with E-state index in [1.807, 2.05) is 0 Å². The number of carbonyl (C=O) groups excluding carboxylic acids is 2. The summed E-state index contributed by atoms with van der Waals surface area (Å²) in [4.78, 5) is 46.6. The number of phosphoric acid groups is 1. The van der Waals surface area contributed by atoms with E-state index in [1.165, 1.54) is 18.2 Å². The van der Waals surface area contributed by atoms with Gasteiger partial charge in [-0.3, -0.25) is 9.59 Å². The Labute approximate surface area is 242 Å². The van der Waals surface area contributed by atoms with E-state index < -0.39 is 66.2 Å². The molecule has 3 saturated carbocycles. The molecule has 0 bridgehead atoms. The molecule has 0 aliphatic heterocycles. The first-order valence-corrected chi connectivity index (χ1v) is 12.3. The summed E-state index contributed by atoms with van der Waals surface area (Å²) in [6.07, 6.45) is 3.54. The quantitative estimate of drug-likeness (QED) is 0.279. The van der Waals surface area contributed by atoms with E-state index in [0.29, 0.717) is 18.4 Å². The maximum atomic E-state index is 17.0. The van der Waals surface area contributed by atoms with Crippen LogP contribution in [0.2, 0.25) is 0 Å². The summed E-state index contributed by atoms with van der Waals surface area (Å²) >= 11 is 0. The Balaban J connectivity index is 0.00000204. The predicted octanol–water partition coefficient (Wildman–Crippen LogP) is -5.24. The number of halogens is 1. The average Bonchev–Trinajstić information content (AvgIpc) is 2.89. The summed E-state index contributed by atoms with van der Waals surface area (Å²) in [6, 6.07) is 0. The summed E-state index contributed by atoms with van der Waals surface area (Å²) in [5.74, 6) is -3.06. The minimum absolute atomic E-state index is 0. The molecular weight excluding hydrogens is 488 g/mol. The number of rotatable bonds is 4. The van der Waals surface area contributed by atoms with Crippen LogP contribution in [0.1, 0.15) is 46.5 Å². The number of phosphoric ester groups is 1. The number of alkyl halides is 1. The number of allylic oxidation sites excluding steroid dienone is 4. The molecule has 8 nitrogen and oxygen atoms in total. The van der Waals surface area contributed by atoms with E-state index in [2.05, 4.69) is 4.52 Å². The monoisotopic (exact) mass is 516 g/mol. The van der Waals surface area contributed by atoms with Crippen molar-refractivity contribution in [1.82, 2.24) is 0 Å². The number of aliphatic hydroxyl groups is 2. The summed E-state index contributed by atoms with van der Waals surface area (Å²) in [6.45, 7) is 3.80. The van der Waals surface area contributed by atoms with Crippen LogP contribution in [0.5, 0.6) is 0 Å². The van der Waals surface area contributed by atoms with Crippen molar-refractivity contribution in [1.29, 1.82) is 0 Å². The van der Waals surface area contributed by atoms with Crippen LogP contribution in [0.15, 0.2) is 23.8 Å². The van der Waals surface area contributed by atoms with Crippen molar-refractivity contribution in [2.24, 2.45) is 28.6 Å². The molecule has 0 amide bonds. The molecule has 4 rings (SSSR count). The Hall–Kier alpha value is 0.780. The number of aliphatic hydroxyl groups excluding tert-OH is 1. The number of ketones is 2. The van der Waals surface area contributed by atoms with Gasteiger partial charge in [0.2, 0.25) is 0 Å². The van der Waals surface area contributed by atoms with Gasteiger partial charge in [0, 0.05) is 16.7 Å². The number of fused-ring (bicyclic) bond motifs is 5. The van der Waals surface area contributed by atoms with Gasteiger partial charge in [-0.05, 0) is 56.6 Å². The van der Waals surface area contributed by atoms with Crippen LogP contribution < -0.4 is 68.9 Å². The molecule has 8 atom stereocenters. The molecule has 4 aliphatic rings. The molecule has 0 radical (unpaired) electrons. The Bertz CT molecular complexity index is 984. The van der Waals surface area contributed by atoms with Crippen molar-refractivity contribution in [2.75, 3.05) is 6.61 Å². The largest absolute Gasteiger partial charge is 1.00 e. The molecule has 178 valence electrons. The first-order chi connectivity index (χ1) is 14.6. The molecule has 12 heteroatoms. The third kappa shape index (κ3) is 4.20. The number of hydrogen-bond donors (Lipinski definition) is 2. The smallest absolute Gasteiger partial charge is 0.790 e. The molecule has 0 aromatic rings. The van der Waals surface area contributed by atoms with Crippen molar-refractivity contribution in [3.8, 4) is 0 Å². The number of carbonyl (C=O) groups is 2. The molecule has 0 heterocycles. The van der Waals surface area contributed by atoms with Gasteiger partial charge in [0.1, 0.15) is 12.2 Å². The molecule has 2 N–H and O–H groups in total. The minimum Gasteiger partial charge on any atom is -0.790 e. The number of Topliss-reactive ketones (excluding diaryl/α,β-unsaturated/α-hetero) is 1. The van der Waals surface area contributed by atoms with E-state index in [1.54, 1.807) is 20.8 Å². The molecule has 0 spiro atoms. The summed E-state index contributed by atoms with van der Waals surface area (Å²) in [5.41, 5.74) is -6.03. The molecule has 0 saturated heterocycles. The molecule has 34 heavy (non-hydrogen) atoms. The van der Waals surface area contributed by atoms with Crippen LogP contribution in [-0.4, -0.2) is 45.8 Å². The Kier molecular flexibility index (Phi) is 8.96. The molecule has 3 fully saturated rings. The van der Waals surface area contributed by atoms with E-state index in [9.17, 15) is 34.2 Å². The van der Waals surface area contributed by atoms with Crippen LogP contribution in [0, 0.1) is 28.6 Å². The maximum Gasteiger partial charge on any atom is 1.00 e. The molecular formula is C22H28FNa2O8P. The topological polar surface area (TPSA) is 147 Å². The van der Waals surface area contributed by atoms with Gasteiger partial charge < -0.3 is 29.1 Å². The number of hydrogen-bond acceptors (Lipinski definition) is 8. The van der Waals surface area contributed by atoms with Gasteiger partial charge in [0.25, 0.3) is 0 Å². The van der Waals surface area contributed by atoms with Gasteiger partial charge in [0.15, 0.2) is 17.2 Å². The van der Waals surface area contributed by atoms with Crippen molar-refractivity contribution in [3.05, 3.63) is 23.8 Å². The van der Waals surface area contributed by atoms with E-state index >= 15 is 4.39 Å². The van der Waals surface area contributed by atoms with Gasteiger partial charge in [-0.2, -0.15) is 0 Å². The van der Waals surface area contributed by atoms with Crippen molar-refractivity contribution < 1.29 is 102 Å². The summed E-state index contributed by atoms with van der Waals surface area (Å²) in [5, 5.41) is 22.8. The van der Waals surface area contributed by atoms with Gasteiger partial charge in [0.05, 0.1) is 13.9 Å². The van der Waals surface area contributed by atoms with Crippen LogP contribution in [-0.2, 0) is 18.7 Å². The third-order valence-electron chi connectivity index (χ3n) is 9.00. The second-order valence-electron chi connectivity index (χ2n) is 10.3. The first-order valence-electron chi connectivity index (χ1n) is 10.8. The second-order valence-corrected chi connectivity index (χ2v) is 11.5. The standard InChI is InChI=1S/C22H30FO8P.2Na/c1-12-8-16-15-5-4-13-9-14(24)6-7-19(13,2)21(15,23)17(25)10-20(16,3)22(12,27)18(26)11-31-32(28,29)30;;/h6-7,9,12,15-17,25,27H,4-5,8,10-11H2,1-3H3,(H2,28,29,30);;/q;2*+1/p-2/t12-,15-,16-,17+,19-,20-,21+,22+;;/m1../s1. The Morgan fingerprint density at radius 2 is 1.91 bits per heavy atom. The SMILES string of the molecule is C[C@@H]1C[C@@H]2[C@H]3CCC4=CC(=O)C=C[C@@]4(C)[C@@]3(F)[C@@H](O)C[C@@]2(C)[C@@]1(O)C(=O)COP(=O)([O-])[O-].[Na+].[Na+]. The normalized spacial score (nSPS) is 45.2. The first kappa shape index (κ1) is 31.0. The summed E-state index contributed by atoms with van der Waals surface area (Å²) in [7, 11) is -5.43. The fraction of sp³-hybridized carbons (Fsp3) is 0.727. The van der Waals surface area contributed by atoms with Gasteiger partial charge >= 0.3 is 59.1 Å². The van der Waals surface area contributed by atoms with Crippen LogP contribution >= 0.6 is 7.82 Å². The Morgan fingerprint density at radius 3 is 2.50 bits per heavy atom. The molecule has 0 aromatic carbocycles. The second kappa shape index (κ2) is 9.83. The zero-order valence-corrected chi connectivity index (χ0v) is 25.1.